The number of hydrogen-bond acceptors (Lipinski definition) is 4. The van der Waals surface area contributed by atoms with E-state index in [4.69, 9.17) is 5.73 Å². The SMILES string of the molecule is NC(=O)c1ccccc1C(=O)NS(=O)(=O)c1ccccc1. The summed E-state index contributed by atoms with van der Waals surface area (Å²) in [5.41, 5.74) is 5.02. The molecular formula is C14H12N2O4S. The van der Waals surface area contributed by atoms with Gasteiger partial charge in [-0.1, -0.05) is 30.3 Å². The third kappa shape index (κ3) is 3.26. The van der Waals surface area contributed by atoms with Crippen LogP contribution < -0.4 is 10.5 Å². The van der Waals surface area contributed by atoms with E-state index >= 15 is 0 Å². The highest BCUT2D eigenvalue weighted by molar-refractivity contribution is 7.90. The Morgan fingerprint density at radius 1 is 0.857 bits per heavy atom. The lowest BCUT2D eigenvalue weighted by Crippen LogP contribution is -2.32. The van der Waals surface area contributed by atoms with Crippen molar-refractivity contribution in [2.75, 3.05) is 0 Å². The predicted molar refractivity (Wildman–Crippen MR) is 76.1 cm³/mol. The maximum absolute atomic E-state index is 12.1. The summed E-state index contributed by atoms with van der Waals surface area (Å²) >= 11 is 0. The van der Waals surface area contributed by atoms with Crippen molar-refractivity contribution in [1.29, 1.82) is 0 Å². The molecule has 0 saturated carbocycles. The van der Waals surface area contributed by atoms with Gasteiger partial charge in [-0.25, -0.2) is 13.1 Å². The highest BCUT2D eigenvalue weighted by Crippen LogP contribution is 2.11. The van der Waals surface area contributed by atoms with Crippen molar-refractivity contribution in [3.8, 4) is 0 Å². The van der Waals surface area contributed by atoms with E-state index in [0.29, 0.717) is 0 Å². The topological polar surface area (TPSA) is 106 Å². The largest absolute Gasteiger partial charge is 0.366 e. The van der Waals surface area contributed by atoms with Crippen LogP contribution in [0.4, 0.5) is 0 Å². The molecule has 0 radical (unpaired) electrons. The first-order chi connectivity index (χ1) is 9.92. The Labute approximate surface area is 121 Å². The van der Waals surface area contributed by atoms with Crippen LogP contribution in [0.3, 0.4) is 0 Å². The summed E-state index contributed by atoms with van der Waals surface area (Å²) in [6.07, 6.45) is 0. The van der Waals surface area contributed by atoms with Gasteiger partial charge in [0.15, 0.2) is 0 Å². The van der Waals surface area contributed by atoms with Gasteiger partial charge in [-0.05, 0) is 24.3 Å². The summed E-state index contributed by atoms with van der Waals surface area (Å²) < 4.78 is 26.0. The number of nitrogens with one attached hydrogen (secondary N) is 1. The molecule has 3 N–H and O–H groups in total. The molecule has 0 bridgehead atoms. The Balaban J connectivity index is 2.33. The second-order valence-corrected chi connectivity index (χ2v) is 5.84. The van der Waals surface area contributed by atoms with Gasteiger partial charge in [-0.15, -0.1) is 0 Å². The molecule has 7 heteroatoms. The summed E-state index contributed by atoms with van der Waals surface area (Å²) in [6.45, 7) is 0. The quantitative estimate of drug-likeness (QED) is 0.875. The molecular weight excluding hydrogens is 292 g/mol. The Hall–Kier alpha value is -2.67. The zero-order valence-corrected chi connectivity index (χ0v) is 11.6. The summed E-state index contributed by atoms with van der Waals surface area (Å²) in [4.78, 5) is 23.3. The lowest BCUT2D eigenvalue weighted by atomic mass is 10.1. The standard InChI is InChI=1S/C14H12N2O4S/c15-13(17)11-8-4-5-9-12(11)14(18)16-21(19,20)10-6-2-1-3-7-10/h1-9H,(H2,15,17)(H,16,18). The fraction of sp³-hybridized carbons (Fsp3) is 0. The second-order valence-electron chi connectivity index (χ2n) is 4.16. The van der Waals surface area contributed by atoms with E-state index in [9.17, 15) is 18.0 Å². The zero-order chi connectivity index (χ0) is 15.5. The second kappa shape index (κ2) is 5.76. The number of amides is 2. The van der Waals surface area contributed by atoms with Crippen LogP contribution in [-0.4, -0.2) is 20.2 Å². The third-order valence-corrected chi connectivity index (χ3v) is 4.06. The van der Waals surface area contributed by atoms with Gasteiger partial charge in [0.1, 0.15) is 0 Å². The summed E-state index contributed by atoms with van der Waals surface area (Å²) in [5, 5.41) is 0. The molecule has 0 unspecified atom stereocenters. The monoisotopic (exact) mass is 304 g/mol. The van der Waals surface area contributed by atoms with Crippen LogP contribution in [0.2, 0.25) is 0 Å². The lowest BCUT2D eigenvalue weighted by Gasteiger charge is -2.09. The summed E-state index contributed by atoms with van der Waals surface area (Å²) in [7, 11) is -4.00. The molecule has 2 amide bonds. The van der Waals surface area contributed by atoms with Gasteiger partial charge in [0.2, 0.25) is 5.91 Å². The van der Waals surface area contributed by atoms with Gasteiger partial charge in [0, 0.05) is 0 Å². The van der Waals surface area contributed by atoms with Gasteiger partial charge in [-0.3, -0.25) is 9.59 Å². The molecule has 0 aliphatic heterocycles. The summed E-state index contributed by atoms with van der Waals surface area (Å²) in [6, 6.07) is 13.2. The Kier molecular flexibility index (Phi) is 4.04. The molecule has 2 rings (SSSR count). The Morgan fingerprint density at radius 2 is 1.38 bits per heavy atom. The molecule has 0 heterocycles. The Bertz CT molecular complexity index is 786. The zero-order valence-electron chi connectivity index (χ0n) is 10.8. The van der Waals surface area contributed by atoms with Crippen LogP contribution in [0, 0.1) is 0 Å². The summed E-state index contributed by atoms with van der Waals surface area (Å²) in [5.74, 6) is -1.72. The predicted octanol–water partition coefficient (Wildman–Crippen LogP) is 0.904. The number of sulfonamides is 1. The molecule has 0 aliphatic carbocycles. The molecule has 21 heavy (non-hydrogen) atoms. The molecule has 2 aromatic rings. The first-order valence-electron chi connectivity index (χ1n) is 5.93. The van der Waals surface area contributed by atoms with E-state index in [2.05, 4.69) is 0 Å². The number of rotatable bonds is 4. The molecule has 0 atom stereocenters. The molecule has 2 aromatic carbocycles. The van der Waals surface area contributed by atoms with Crippen molar-refractivity contribution in [3.05, 3.63) is 65.7 Å². The normalized spacial score (nSPS) is 10.9. The number of carbonyl (C=O) groups is 2. The minimum absolute atomic E-state index is 0.0433. The molecule has 6 nitrogen and oxygen atoms in total. The van der Waals surface area contributed by atoms with Crippen LogP contribution in [0.5, 0.6) is 0 Å². The van der Waals surface area contributed by atoms with Gasteiger partial charge in [0.25, 0.3) is 15.9 Å². The lowest BCUT2D eigenvalue weighted by molar-refractivity contribution is 0.0956. The van der Waals surface area contributed by atoms with Crippen LogP contribution in [-0.2, 0) is 10.0 Å². The number of carbonyl (C=O) groups excluding carboxylic acids is 2. The molecule has 0 aliphatic rings. The number of nitrogens with two attached hydrogens (primary N) is 1. The van der Waals surface area contributed by atoms with E-state index in [1.807, 2.05) is 4.72 Å². The molecule has 0 saturated heterocycles. The first-order valence-corrected chi connectivity index (χ1v) is 7.41. The maximum atomic E-state index is 12.1. The van der Waals surface area contributed by atoms with Gasteiger partial charge >= 0.3 is 0 Å². The average molecular weight is 304 g/mol. The highest BCUT2D eigenvalue weighted by Gasteiger charge is 2.21. The first kappa shape index (κ1) is 14.7. The Morgan fingerprint density at radius 3 is 1.95 bits per heavy atom. The van der Waals surface area contributed by atoms with Crippen molar-refractivity contribution in [2.45, 2.75) is 4.90 Å². The third-order valence-electron chi connectivity index (χ3n) is 2.72. The highest BCUT2D eigenvalue weighted by atomic mass is 32.2. The van der Waals surface area contributed by atoms with Gasteiger partial charge < -0.3 is 5.73 Å². The molecule has 0 fully saturated rings. The minimum Gasteiger partial charge on any atom is -0.366 e. The number of hydrogen-bond donors (Lipinski definition) is 2. The van der Waals surface area contributed by atoms with Crippen LogP contribution >= 0.6 is 0 Å². The smallest absolute Gasteiger partial charge is 0.265 e. The van der Waals surface area contributed by atoms with Crippen LogP contribution in [0.25, 0.3) is 0 Å². The van der Waals surface area contributed by atoms with E-state index in [0.717, 1.165) is 0 Å². The van der Waals surface area contributed by atoms with Crippen LogP contribution in [0.1, 0.15) is 20.7 Å². The van der Waals surface area contributed by atoms with Crippen molar-refractivity contribution in [1.82, 2.24) is 4.72 Å². The van der Waals surface area contributed by atoms with Gasteiger partial charge in [-0.2, -0.15) is 0 Å². The van der Waals surface area contributed by atoms with E-state index < -0.39 is 21.8 Å². The van der Waals surface area contributed by atoms with Crippen LogP contribution in [0.15, 0.2) is 59.5 Å². The molecule has 108 valence electrons. The van der Waals surface area contributed by atoms with Gasteiger partial charge in [0.05, 0.1) is 16.0 Å². The number of benzene rings is 2. The van der Waals surface area contributed by atoms with E-state index in [-0.39, 0.29) is 16.0 Å². The van der Waals surface area contributed by atoms with E-state index in [1.54, 1.807) is 6.07 Å². The molecule has 0 aromatic heterocycles. The average Bonchev–Trinajstić information content (AvgIpc) is 2.47. The fourth-order valence-corrected chi connectivity index (χ4v) is 2.72. The van der Waals surface area contributed by atoms with Crippen molar-refractivity contribution in [3.63, 3.8) is 0 Å². The fourth-order valence-electron chi connectivity index (χ4n) is 1.73. The maximum Gasteiger partial charge on any atom is 0.265 e. The van der Waals surface area contributed by atoms with E-state index in [1.165, 1.54) is 48.5 Å². The van der Waals surface area contributed by atoms with Crippen molar-refractivity contribution in [2.24, 2.45) is 5.73 Å². The van der Waals surface area contributed by atoms with Crippen molar-refractivity contribution < 1.29 is 18.0 Å². The van der Waals surface area contributed by atoms with Crippen molar-refractivity contribution >= 4 is 21.8 Å². The minimum atomic E-state index is -4.00. The molecule has 0 spiro atoms. The number of primary amides is 1.